The maximum Gasteiger partial charge on any atom is 0.244 e. The lowest BCUT2D eigenvalue weighted by molar-refractivity contribution is 0.974. The first kappa shape index (κ1) is 10.8. The van der Waals surface area contributed by atoms with Crippen molar-refractivity contribution in [3.05, 3.63) is 40.8 Å². The first-order chi connectivity index (χ1) is 7.66. The molecule has 4 nitrogen and oxygen atoms in total. The van der Waals surface area contributed by atoms with Crippen LogP contribution in [-0.4, -0.2) is 15.2 Å². The second-order valence-corrected chi connectivity index (χ2v) is 3.82. The van der Waals surface area contributed by atoms with Crippen molar-refractivity contribution >= 4 is 23.1 Å². The van der Waals surface area contributed by atoms with Crippen LogP contribution in [0.25, 0.3) is 0 Å². The Bertz CT molecular complexity index is 513. The fourth-order valence-corrected chi connectivity index (χ4v) is 1.50. The molecular formula is C11H11ClN4. The van der Waals surface area contributed by atoms with Crippen LogP contribution in [0.4, 0.5) is 11.5 Å². The van der Waals surface area contributed by atoms with Crippen LogP contribution in [0.1, 0.15) is 11.1 Å². The molecule has 0 aliphatic heterocycles. The third-order valence-corrected chi connectivity index (χ3v) is 2.56. The number of anilines is 2. The molecule has 2 rings (SSSR count). The Morgan fingerprint density at radius 1 is 1.25 bits per heavy atom. The zero-order valence-electron chi connectivity index (χ0n) is 9.03. The number of hydrogen-bond acceptors (Lipinski definition) is 4. The number of benzene rings is 1. The Hall–Kier alpha value is -1.68. The number of aromatic nitrogens is 3. The van der Waals surface area contributed by atoms with E-state index in [1.54, 1.807) is 0 Å². The summed E-state index contributed by atoms with van der Waals surface area (Å²) in [4.78, 5) is 4.02. The van der Waals surface area contributed by atoms with Gasteiger partial charge < -0.3 is 5.32 Å². The number of hydrogen-bond donors (Lipinski definition) is 1. The van der Waals surface area contributed by atoms with Gasteiger partial charge in [0.15, 0.2) is 5.82 Å². The van der Waals surface area contributed by atoms with E-state index in [9.17, 15) is 0 Å². The number of aryl methyl sites for hydroxylation is 1. The molecule has 0 saturated carbocycles. The molecule has 1 aromatic carbocycles. The Kier molecular flexibility index (Phi) is 3.01. The van der Waals surface area contributed by atoms with Crippen molar-refractivity contribution in [3.8, 4) is 0 Å². The summed E-state index contributed by atoms with van der Waals surface area (Å²) in [5.74, 6) is 0.591. The van der Waals surface area contributed by atoms with Crippen LogP contribution in [-0.2, 0) is 0 Å². The maximum atomic E-state index is 5.66. The Morgan fingerprint density at radius 3 is 2.81 bits per heavy atom. The third-order valence-electron chi connectivity index (χ3n) is 2.40. The van der Waals surface area contributed by atoms with E-state index in [1.807, 2.05) is 19.1 Å². The largest absolute Gasteiger partial charge is 0.339 e. The van der Waals surface area contributed by atoms with Crippen LogP contribution in [0, 0.1) is 13.8 Å². The highest BCUT2D eigenvalue weighted by Gasteiger charge is 2.02. The lowest BCUT2D eigenvalue weighted by Gasteiger charge is -2.09. The molecule has 2 aromatic rings. The highest BCUT2D eigenvalue weighted by molar-refractivity contribution is 6.28. The summed E-state index contributed by atoms with van der Waals surface area (Å²) >= 11 is 5.66. The summed E-state index contributed by atoms with van der Waals surface area (Å²) in [5.41, 5.74) is 3.40. The second kappa shape index (κ2) is 4.45. The molecule has 0 aliphatic rings. The smallest absolute Gasteiger partial charge is 0.244 e. The lowest BCUT2D eigenvalue weighted by Crippen LogP contribution is -1.99. The normalized spacial score (nSPS) is 10.2. The van der Waals surface area contributed by atoms with Gasteiger partial charge in [-0.25, -0.2) is 0 Å². The summed E-state index contributed by atoms with van der Waals surface area (Å²) in [6.07, 6.45) is 1.54. The Labute approximate surface area is 98.7 Å². The first-order valence-electron chi connectivity index (χ1n) is 4.85. The highest BCUT2D eigenvalue weighted by Crippen LogP contribution is 2.21. The van der Waals surface area contributed by atoms with E-state index in [4.69, 9.17) is 11.6 Å². The highest BCUT2D eigenvalue weighted by atomic mass is 35.5. The van der Waals surface area contributed by atoms with E-state index in [0.717, 1.165) is 5.69 Å². The van der Waals surface area contributed by atoms with Gasteiger partial charge in [0.05, 0.1) is 6.20 Å². The molecule has 0 aliphatic carbocycles. The van der Waals surface area contributed by atoms with Gasteiger partial charge in [0.25, 0.3) is 0 Å². The molecule has 5 heteroatoms. The van der Waals surface area contributed by atoms with Crippen molar-refractivity contribution in [2.45, 2.75) is 13.8 Å². The summed E-state index contributed by atoms with van der Waals surface area (Å²) in [6.45, 7) is 4.11. The van der Waals surface area contributed by atoms with Crippen LogP contribution >= 0.6 is 11.6 Å². The fraction of sp³-hybridized carbons (Fsp3) is 0.182. The number of rotatable bonds is 2. The average molecular weight is 235 g/mol. The molecule has 16 heavy (non-hydrogen) atoms. The summed E-state index contributed by atoms with van der Waals surface area (Å²) in [7, 11) is 0. The van der Waals surface area contributed by atoms with Crippen molar-refractivity contribution in [1.29, 1.82) is 0 Å². The van der Waals surface area contributed by atoms with E-state index >= 15 is 0 Å². The minimum atomic E-state index is 0.135. The third kappa shape index (κ3) is 2.28. The van der Waals surface area contributed by atoms with Gasteiger partial charge in [-0.2, -0.15) is 10.1 Å². The van der Waals surface area contributed by atoms with Crippen LogP contribution in [0.3, 0.4) is 0 Å². The predicted octanol–water partition coefficient (Wildman–Crippen LogP) is 2.89. The van der Waals surface area contributed by atoms with E-state index < -0.39 is 0 Å². The van der Waals surface area contributed by atoms with Gasteiger partial charge >= 0.3 is 0 Å². The van der Waals surface area contributed by atoms with Gasteiger partial charge in [-0.15, -0.1) is 5.10 Å². The van der Waals surface area contributed by atoms with Gasteiger partial charge in [-0.1, -0.05) is 12.1 Å². The van der Waals surface area contributed by atoms with Crippen LogP contribution in [0.2, 0.25) is 5.28 Å². The van der Waals surface area contributed by atoms with Gasteiger partial charge in [0, 0.05) is 5.69 Å². The minimum Gasteiger partial charge on any atom is -0.339 e. The average Bonchev–Trinajstić information content (AvgIpc) is 2.25. The van der Waals surface area contributed by atoms with Crippen molar-refractivity contribution < 1.29 is 0 Å². The molecule has 1 N–H and O–H groups in total. The molecule has 0 saturated heterocycles. The monoisotopic (exact) mass is 234 g/mol. The minimum absolute atomic E-state index is 0.135. The van der Waals surface area contributed by atoms with E-state index in [0.29, 0.717) is 5.82 Å². The molecule has 0 amide bonds. The summed E-state index contributed by atoms with van der Waals surface area (Å²) in [5, 5.41) is 10.6. The fourth-order valence-electron chi connectivity index (χ4n) is 1.37. The molecular weight excluding hydrogens is 224 g/mol. The first-order valence-corrected chi connectivity index (χ1v) is 5.23. The van der Waals surface area contributed by atoms with Gasteiger partial charge in [-0.3, -0.25) is 0 Å². The van der Waals surface area contributed by atoms with E-state index in [-0.39, 0.29) is 5.28 Å². The number of nitrogens with zero attached hydrogens (tertiary/aromatic N) is 3. The summed E-state index contributed by atoms with van der Waals surface area (Å²) in [6, 6.07) is 6.03. The zero-order valence-corrected chi connectivity index (χ0v) is 9.78. The maximum absolute atomic E-state index is 5.66. The molecule has 1 heterocycles. The second-order valence-electron chi connectivity index (χ2n) is 3.48. The molecule has 1 aromatic heterocycles. The van der Waals surface area contributed by atoms with E-state index in [1.165, 1.54) is 17.3 Å². The Balaban J connectivity index is 2.31. The molecule has 0 fully saturated rings. The SMILES string of the molecule is Cc1cccc(Nc2cnnc(Cl)n2)c1C. The van der Waals surface area contributed by atoms with Gasteiger partial charge in [0.2, 0.25) is 5.28 Å². The van der Waals surface area contributed by atoms with Gasteiger partial charge in [-0.05, 0) is 42.6 Å². The van der Waals surface area contributed by atoms with Crippen LogP contribution in [0.5, 0.6) is 0 Å². The standard InChI is InChI=1S/C11H11ClN4/c1-7-4-3-5-9(8(7)2)14-10-6-13-16-11(12)15-10/h3-6H,1-2H3,(H,14,15,16). The lowest BCUT2D eigenvalue weighted by atomic mass is 10.1. The van der Waals surface area contributed by atoms with Crippen molar-refractivity contribution in [3.63, 3.8) is 0 Å². The van der Waals surface area contributed by atoms with Crippen molar-refractivity contribution in [1.82, 2.24) is 15.2 Å². The van der Waals surface area contributed by atoms with Crippen LogP contribution in [0.15, 0.2) is 24.4 Å². The quantitative estimate of drug-likeness (QED) is 0.868. The number of nitrogens with one attached hydrogen (secondary N) is 1. The molecule has 0 radical (unpaired) electrons. The van der Waals surface area contributed by atoms with Crippen molar-refractivity contribution in [2.24, 2.45) is 0 Å². The molecule has 0 bridgehead atoms. The molecule has 0 spiro atoms. The van der Waals surface area contributed by atoms with Crippen molar-refractivity contribution in [2.75, 3.05) is 5.32 Å². The van der Waals surface area contributed by atoms with Crippen LogP contribution < -0.4 is 5.32 Å². The molecule has 0 unspecified atom stereocenters. The van der Waals surface area contributed by atoms with E-state index in [2.05, 4.69) is 33.5 Å². The predicted molar refractivity (Wildman–Crippen MR) is 64.0 cm³/mol. The zero-order chi connectivity index (χ0) is 11.5. The number of halogens is 1. The molecule has 0 atom stereocenters. The Morgan fingerprint density at radius 2 is 2.06 bits per heavy atom. The topological polar surface area (TPSA) is 50.7 Å². The summed E-state index contributed by atoms with van der Waals surface area (Å²) < 4.78 is 0. The molecule has 82 valence electrons. The van der Waals surface area contributed by atoms with Gasteiger partial charge in [0.1, 0.15) is 0 Å².